The second-order valence-electron chi connectivity index (χ2n) is 5.08. The van der Waals surface area contributed by atoms with Crippen LogP contribution < -0.4 is 4.74 Å². The Balaban J connectivity index is 2.14. The molecule has 4 nitrogen and oxygen atoms in total. The Labute approximate surface area is 148 Å². The molecule has 0 saturated carbocycles. The number of ether oxygens (including phenoxy) is 2. The molecule has 122 valence electrons. The summed E-state index contributed by atoms with van der Waals surface area (Å²) < 4.78 is 10.9. The van der Waals surface area contributed by atoms with Gasteiger partial charge in [0, 0.05) is 16.0 Å². The number of benzene rings is 2. The molecule has 0 fully saturated rings. The molecule has 0 radical (unpaired) electrons. The molecule has 0 unspecified atom stereocenters. The average molecular weight is 387 g/mol. The first-order valence-corrected chi connectivity index (χ1v) is 7.89. The summed E-state index contributed by atoms with van der Waals surface area (Å²) in [4.78, 5) is 23.3. The Kier molecular flexibility index (Phi) is 5.78. The lowest BCUT2D eigenvalue weighted by Gasteiger charge is -2.06. The summed E-state index contributed by atoms with van der Waals surface area (Å²) in [7, 11) is 1.31. The van der Waals surface area contributed by atoms with Gasteiger partial charge in [0.15, 0.2) is 0 Å². The molecule has 24 heavy (non-hydrogen) atoms. The topological polar surface area (TPSA) is 52.6 Å². The van der Waals surface area contributed by atoms with E-state index >= 15 is 0 Å². The van der Waals surface area contributed by atoms with Crippen molar-refractivity contribution in [3.05, 3.63) is 63.1 Å². The number of carbonyl (C=O) groups excluding carboxylic acids is 2. The number of hydrogen-bond acceptors (Lipinski definition) is 4. The fourth-order valence-corrected chi connectivity index (χ4v) is 2.29. The van der Waals surface area contributed by atoms with Crippen LogP contribution in [0.15, 0.2) is 40.9 Å². The molecule has 0 aliphatic carbocycles. The lowest BCUT2D eigenvalue weighted by molar-refractivity contribution is -0.128. The standard InChI is InChI=1S/C19H15BrO4/c1-12-9-16(10-13(2)18(12)20)24-17(21)8-7-14-5-4-6-15(11-14)19(22)23-3/h4-6,9-11H,1-3H3. The minimum atomic E-state index is -0.667. The van der Waals surface area contributed by atoms with Crippen LogP contribution in [0.4, 0.5) is 0 Å². The molecule has 0 amide bonds. The van der Waals surface area contributed by atoms with Crippen LogP contribution >= 0.6 is 15.9 Å². The molecule has 0 aliphatic heterocycles. The van der Waals surface area contributed by atoms with Gasteiger partial charge in [0.05, 0.1) is 12.7 Å². The van der Waals surface area contributed by atoms with Crippen molar-refractivity contribution in [2.45, 2.75) is 13.8 Å². The Morgan fingerprint density at radius 1 is 1.08 bits per heavy atom. The molecule has 2 rings (SSSR count). The summed E-state index contributed by atoms with van der Waals surface area (Å²) in [6.45, 7) is 3.83. The molecule has 0 saturated heterocycles. The van der Waals surface area contributed by atoms with Gasteiger partial charge in [-0.3, -0.25) is 0 Å². The van der Waals surface area contributed by atoms with Crippen molar-refractivity contribution in [2.24, 2.45) is 0 Å². The van der Waals surface area contributed by atoms with Crippen LogP contribution in [0.3, 0.4) is 0 Å². The Hall–Kier alpha value is -2.58. The zero-order valence-electron chi connectivity index (χ0n) is 13.5. The molecule has 2 aromatic rings. The van der Waals surface area contributed by atoms with Gasteiger partial charge in [0.25, 0.3) is 0 Å². The number of methoxy groups -OCH3 is 1. The number of hydrogen-bond donors (Lipinski definition) is 0. The van der Waals surface area contributed by atoms with E-state index in [2.05, 4.69) is 32.5 Å². The molecule has 5 heteroatoms. The van der Waals surface area contributed by atoms with Crippen LogP contribution in [0.5, 0.6) is 5.75 Å². The fourth-order valence-electron chi connectivity index (χ4n) is 2.06. The third kappa shape index (κ3) is 4.46. The number of rotatable bonds is 2. The highest BCUT2D eigenvalue weighted by molar-refractivity contribution is 9.10. The van der Waals surface area contributed by atoms with Gasteiger partial charge < -0.3 is 9.47 Å². The highest BCUT2D eigenvalue weighted by Crippen LogP contribution is 2.26. The summed E-state index contributed by atoms with van der Waals surface area (Å²) in [5.41, 5.74) is 2.84. The van der Waals surface area contributed by atoms with Gasteiger partial charge in [-0.2, -0.15) is 0 Å². The predicted molar refractivity (Wildman–Crippen MR) is 93.9 cm³/mol. The van der Waals surface area contributed by atoms with E-state index in [1.165, 1.54) is 7.11 Å². The van der Waals surface area contributed by atoms with Crippen molar-refractivity contribution < 1.29 is 19.1 Å². The summed E-state index contributed by atoms with van der Waals surface area (Å²) in [6, 6.07) is 10.1. The summed E-state index contributed by atoms with van der Waals surface area (Å²) in [5, 5.41) is 0. The van der Waals surface area contributed by atoms with Gasteiger partial charge in [0.2, 0.25) is 0 Å². The molecule has 0 bridgehead atoms. The molecule has 0 atom stereocenters. The van der Waals surface area contributed by atoms with Gasteiger partial charge in [-0.1, -0.05) is 27.9 Å². The van der Waals surface area contributed by atoms with Crippen LogP contribution in [0.2, 0.25) is 0 Å². The van der Waals surface area contributed by atoms with Crippen molar-refractivity contribution in [1.29, 1.82) is 0 Å². The third-order valence-electron chi connectivity index (χ3n) is 3.21. The molecule has 0 N–H and O–H groups in total. The maximum Gasteiger partial charge on any atom is 0.390 e. The normalized spacial score (nSPS) is 9.67. The molecular formula is C19H15BrO4. The second-order valence-corrected chi connectivity index (χ2v) is 5.88. The largest absolute Gasteiger partial charge is 0.465 e. The van der Waals surface area contributed by atoms with E-state index in [0.717, 1.165) is 15.6 Å². The zero-order valence-corrected chi connectivity index (χ0v) is 15.1. The SMILES string of the molecule is COC(=O)c1cccc(C#CC(=O)Oc2cc(C)c(Br)c(C)c2)c1. The smallest absolute Gasteiger partial charge is 0.390 e. The van der Waals surface area contributed by atoms with Crippen molar-refractivity contribution >= 4 is 27.9 Å². The molecule has 0 heterocycles. The highest BCUT2D eigenvalue weighted by atomic mass is 79.9. The monoisotopic (exact) mass is 386 g/mol. The average Bonchev–Trinajstić information content (AvgIpc) is 2.57. The van der Waals surface area contributed by atoms with Crippen LogP contribution in [0.25, 0.3) is 0 Å². The van der Waals surface area contributed by atoms with E-state index in [1.807, 2.05) is 13.8 Å². The van der Waals surface area contributed by atoms with Crippen molar-refractivity contribution in [3.8, 4) is 17.6 Å². The Morgan fingerprint density at radius 2 is 1.75 bits per heavy atom. The van der Waals surface area contributed by atoms with E-state index < -0.39 is 11.9 Å². The number of carbonyl (C=O) groups is 2. The van der Waals surface area contributed by atoms with E-state index in [-0.39, 0.29) is 0 Å². The highest BCUT2D eigenvalue weighted by Gasteiger charge is 2.07. The van der Waals surface area contributed by atoms with Crippen molar-refractivity contribution in [1.82, 2.24) is 0 Å². The summed E-state index contributed by atoms with van der Waals surface area (Å²) in [6.07, 6.45) is 0. The maximum absolute atomic E-state index is 11.9. The van der Waals surface area contributed by atoms with E-state index in [1.54, 1.807) is 36.4 Å². The van der Waals surface area contributed by atoms with E-state index in [9.17, 15) is 9.59 Å². The molecular weight excluding hydrogens is 372 g/mol. The number of halogens is 1. The minimum Gasteiger partial charge on any atom is -0.465 e. The lowest BCUT2D eigenvalue weighted by Crippen LogP contribution is -2.05. The Bertz CT molecular complexity index is 836. The zero-order chi connectivity index (χ0) is 17.7. The first-order valence-electron chi connectivity index (χ1n) is 7.09. The van der Waals surface area contributed by atoms with Crippen LogP contribution in [-0.4, -0.2) is 19.0 Å². The fraction of sp³-hybridized carbons (Fsp3) is 0.158. The van der Waals surface area contributed by atoms with E-state index in [0.29, 0.717) is 16.9 Å². The minimum absolute atomic E-state index is 0.372. The molecule has 2 aromatic carbocycles. The van der Waals surface area contributed by atoms with Gasteiger partial charge in [0.1, 0.15) is 5.75 Å². The van der Waals surface area contributed by atoms with Crippen LogP contribution in [0, 0.1) is 25.7 Å². The third-order valence-corrected chi connectivity index (χ3v) is 4.46. The lowest BCUT2D eigenvalue weighted by atomic mass is 10.1. The van der Waals surface area contributed by atoms with Gasteiger partial charge >= 0.3 is 11.9 Å². The van der Waals surface area contributed by atoms with Gasteiger partial charge in [-0.25, -0.2) is 9.59 Å². The van der Waals surface area contributed by atoms with Crippen molar-refractivity contribution in [2.75, 3.05) is 7.11 Å². The van der Waals surface area contributed by atoms with Crippen molar-refractivity contribution in [3.63, 3.8) is 0 Å². The second kappa shape index (κ2) is 7.80. The van der Waals surface area contributed by atoms with Crippen LogP contribution in [-0.2, 0) is 9.53 Å². The number of esters is 2. The molecule has 0 aromatic heterocycles. The first-order chi connectivity index (χ1) is 11.4. The molecule has 0 spiro atoms. The molecule has 0 aliphatic rings. The predicted octanol–water partition coefficient (Wildman–Crippen LogP) is 3.81. The van der Waals surface area contributed by atoms with Gasteiger partial charge in [-0.15, -0.1) is 0 Å². The van der Waals surface area contributed by atoms with Gasteiger partial charge in [-0.05, 0) is 55.3 Å². The summed E-state index contributed by atoms with van der Waals surface area (Å²) in [5.74, 6) is 4.41. The van der Waals surface area contributed by atoms with E-state index in [4.69, 9.17) is 4.74 Å². The Morgan fingerprint density at radius 3 is 2.38 bits per heavy atom. The quantitative estimate of drug-likeness (QED) is 0.447. The van der Waals surface area contributed by atoms with Crippen LogP contribution in [0.1, 0.15) is 27.0 Å². The maximum atomic E-state index is 11.9. The summed E-state index contributed by atoms with van der Waals surface area (Å²) >= 11 is 3.46. The number of aryl methyl sites for hydroxylation is 2. The first kappa shape index (κ1) is 17.8.